The van der Waals surface area contributed by atoms with Crippen LogP contribution in [0.3, 0.4) is 0 Å². The van der Waals surface area contributed by atoms with Crippen LogP contribution >= 0.6 is 0 Å². The van der Waals surface area contributed by atoms with E-state index in [9.17, 15) is 4.79 Å². The van der Waals surface area contributed by atoms with Crippen LogP contribution in [0.25, 0.3) is 0 Å². The largest absolute Gasteiger partial charge is 0.466 e. The molecule has 0 amide bonds. The van der Waals surface area contributed by atoms with Crippen molar-refractivity contribution in [2.24, 2.45) is 5.92 Å². The normalized spacial score (nSPS) is 24.9. The summed E-state index contributed by atoms with van der Waals surface area (Å²) in [6, 6.07) is 0. The van der Waals surface area contributed by atoms with Crippen LogP contribution in [-0.2, 0) is 9.53 Å². The Morgan fingerprint density at radius 1 is 1.47 bits per heavy atom. The van der Waals surface area contributed by atoms with E-state index < -0.39 is 0 Å². The fraction of sp³-hybridized carbons (Fsp3) is 0.769. The van der Waals surface area contributed by atoms with E-state index in [2.05, 4.69) is 13.0 Å². The van der Waals surface area contributed by atoms with Crippen molar-refractivity contribution in [3.05, 3.63) is 11.6 Å². The zero-order valence-corrected chi connectivity index (χ0v) is 9.92. The summed E-state index contributed by atoms with van der Waals surface area (Å²) in [7, 11) is 0. The number of rotatable bonds is 3. The molecule has 0 heterocycles. The standard InChI is InChI=1S/C13H22O2/c1-3-11-8-6-5-7-9-12(11)10-13(14)15-4-2/h3,12H,4-10H2,1-2H3/b11-3-/t12-/m1/s1. The molecule has 1 fully saturated rings. The number of carbonyl (C=O) groups excluding carboxylic acids is 1. The molecule has 1 atom stereocenters. The van der Waals surface area contributed by atoms with Crippen LogP contribution in [0.1, 0.15) is 52.4 Å². The maximum absolute atomic E-state index is 11.4. The lowest BCUT2D eigenvalue weighted by Gasteiger charge is -2.16. The number of hydrogen-bond acceptors (Lipinski definition) is 2. The summed E-state index contributed by atoms with van der Waals surface area (Å²) in [5.41, 5.74) is 1.46. The van der Waals surface area contributed by atoms with Gasteiger partial charge < -0.3 is 4.74 Å². The average Bonchev–Trinajstić information content (AvgIpc) is 2.43. The molecular weight excluding hydrogens is 188 g/mol. The Hall–Kier alpha value is -0.790. The van der Waals surface area contributed by atoms with Gasteiger partial charge in [0.25, 0.3) is 0 Å². The summed E-state index contributed by atoms with van der Waals surface area (Å²) in [6.07, 6.45) is 8.92. The molecule has 0 aromatic rings. The van der Waals surface area contributed by atoms with Gasteiger partial charge in [-0.15, -0.1) is 0 Å². The van der Waals surface area contributed by atoms with Gasteiger partial charge in [-0.25, -0.2) is 0 Å². The minimum Gasteiger partial charge on any atom is -0.466 e. The van der Waals surface area contributed by atoms with Crippen molar-refractivity contribution in [3.63, 3.8) is 0 Å². The Morgan fingerprint density at radius 3 is 2.93 bits per heavy atom. The minimum atomic E-state index is -0.0382. The van der Waals surface area contributed by atoms with Gasteiger partial charge in [-0.2, -0.15) is 0 Å². The van der Waals surface area contributed by atoms with Crippen molar-refractivity contribution in [1.82, 2.24) is 0 Å². The molecule has 86 valence electrons. The number of ether oxygens (including phenoxy) is 1. The maximum Gasteiger partial charge on any atom is 0.306 e. The first-order chi connectivity index (χ1) is 7.27. The molecule has 2 nitrogen and oxygen atoms in total. The van der Waals surface area contributed by atoms with Gasteiger partial charge >= 0.3 is 5.97 Å². The molecular formula is C13H22O2. The average molecular weight is 210 g/mol. The smallest absolute Gasteiger partial charge is 0.306 e. The highest BCUT2D eigenvalue weighted by Gasteiger charge is 2.20. The quantitative estimate of drug-likeness (QED) is 0.405. The fourth-order valence-electron chi connectivity index (χ4n) is 2.32. The first-order valence-corrected chi connectivity index (χ1v) is 6.08. The lowest BCUT2D eigenvalue weighted by molar-refractivity contribution is -0.144. The monoisotopic (exact) mass is 210 g/mol. The second-order valence-corrected chi connectivity index (χ2v) is 4.17. The van der Waals surface area contributed by atoms with E-state index in [-0.39, 0.29) is 5.97 Å². The van der Waals surface area contributed by atoms with Crippen LogP contribution in [-0.4, -0.2) is 12.6 Å². The minimum absolute atomic E-state index is 0.0382. The first kappa shape index (κ1) is 12.3. The van der Waals surface area contributed by atoms with Gasteiger partial charge in [-0.3, -0.25) is 4.79 Å². The van der Waals surface area contributed by atoms with E-state index in [1.165, 1.54) is 31.3 Å². The molecule has 0 aromatic carbocycles. The highest BCUT2D eigenvalue weighted by Crippen LogP contribution is 2.30. The van der Waals surface area contributed by atoms with Gasteiger partial charge in [0.15, 0.2) is 0 Å². The van der Waals surface area contributed by atoms with E-state index in [1.807, 2.05) is 6.92 Å². The molecule has 0 radical (unpaired) electrons. The molecule has 0 unspecified atom stereocenters. The van der Waals surface area contributed by atoms with Crippen LogP contribution in [0, 0.1) is 5.92 Å². The number of allylic oxidation sites excluding steroid dienone is 2. The van der Waals surface area contributed by atoms with Gasteiger partial charge in [-0.1, -0.05) is 24.5 Å². The van der Waals surface area contributed by atoms with Crippen LogP contribution in [0.2, 0.25) is 0 Å². The highest BCUT2D eigenvalue weighted by molar-refractivity contribution is 5.70. The summed E-state index contributed by atoms with van der Waals surface area (Å²) < 4.78 is 5.01. The topological polar surface area (TPSA) is 26.3 Å². The van der Waals surface area contributed by atoms with Crippen molar-refractivity contribution >= 4 is 5.97 Å². The first-order valence-electron chi connectivity index (χ1n) is 6.08. The molecule has 0 bridgehead atoms. The lowest BCUT2D eigenvalue weighted by atomic mass is 9.91. The Bertz CT molecular complexity index is 231. The lowest BCUT2D eigenvalue weighted by Crippen LogP contribution is -2.12. The molecule has 0 aliphatic heterocycles. The zero-order chi connectivity index (χ0) is 11.1. The summed E-state index contributed by atoms with van der Waals surface area (Å²) in [5, 5.41) is 0. The van der Waals surface area contributed by atoms with Gasteiger partial charge in [0.2, 0.25) is 0 Å². The van der Waals surface area contributed by atoms with E-state index in [4.69, 9.17) is 4.74 Å². The van der Waals surface area contributed by atoms with Crippen LogP contribution < -0.4 is 0 Å². The number of carbonyl (C=O) groups is 1. The van der Waals surface area contributed by atoms with E-state index >= 15 is 0 Å². The number of esters is 1. The van der Waals surface area contributed by atoms with E-state index in [1.54, 1.807) is 0 Å². The third-order valence-corrected chi connectivity index (χ3v) is 3.13. The molecule has 0 saturated heterocycles. The molecule has 0 N–H and O–H groups in total. The van der Waals surface area contributed by atoms with Crippen LogP contribution in [0.4, 0.5) is 0 Å². The second-order valence-electron chi connectivity index (χ2n) is 4.17. The summed E-state index contributed by atoms with van der Waals surface area (Å²) >= 11 is 0. The zero-order valence-electron chi connectivity index (χ0n) is 9.92. The number of hydrogen-bond donors (Lipinski definition) is 0. The van der Waals surface area contributed by atoms with Crippen molar-refractivity contribution in [2.45, 2.75) is 52.4 Å². The van der Waals surface area contributed by atoms with Crippen molar-refractivity contribution in [2.75, 3.05) is 6.61 Å². The Labute approximate surface area is 92.7 Å². The van der Waals surface area contributed by atoms with Crippen molar-refractivity contribution in [3.8, 4) is 0 Å². The van der Waals surface area contributed by atoms with Gasteiger partial charge in [0.1, 0.15) is 0 Å². The van der Waals surface area contributed by atoms with Gasteiger partial charge in [0.05, 0.1) is 13.0 Å². The molecule has 1 aliphatic carbocycles. The predicted octanol–water partition coefficient (Wildman–Crippen LogP) is 3.47. The molecule has 15 heavy (non-hydrogen) atoms. The molecule has 1 saturated carbocycles. The summed E-state index contributed by atoms with van der Waals surface area (Å²) in [4.78, 5) is 11.4. The predicted molar refractivity (Wildman–Crippen MR) is 61.6 cm³/mol. The van der Waals surface area contributed by atoms with Crippen molar-refractivity contribution < 1.29 is 9.53 Å². The summed E-state index contributed by atoms with van der Waals surface area (Å²) in [5.74, 6) is 0.403. The molecule has 0 spiro atoms. The van der Waals surface area contributed by atoms with Crippen LogP contribution in [0.5, 0.6) is 0 Å². The van der Waals surface area contributed by atoms with Gasteiger partial charge in [0, 0.05) is 0 Å². The molecule has 2 heteroatoms. The van der Waals surface area contributed by atoms with Gasteiger partial charge in [-0.05, 0) is 39.0 Å². The summed E-state index contributed by atoms with van der Waals surface area (Å²) in [6.45, 7) is 4.44. The molecule has 1 rings (SSSR count). The fourth-order valence-corrected chi connectivity index (χ4v) is 2.32. The third kappa shape index (κ3) is 4.06. The highest BCUT2D eigenvalue weighted by atomic mass is 16.5. The SMILES string of the molecule is C/C=C1/CCCCC[C@@H]1CC(=O)OCC. The van der Waals surface area contributed by atoms with Crippen molar-refractivity contribution in [1.29, 1.82) is 0 Å². The van der Waals surface area contributed by atoms with E-state index in [0.717, 1.165) is 6.42 Å². The van der Waals surface area contributed by atoms with Crippen LogP contribution in [0.15, 0.2) is 11.6 Å². The Morgan fingerprint density at radius 2 is 2.27 bits per heavy atom. The molecule has 1 aliphatic rings. The third-order valence-electron chi connectivity index (χ3n) is 3.13. The maximum atomic E-state index is 11.4. The Kier molecular flexibility index (Phi) is 5.44. The molecule has 0 aromatic heterocycles. The van der Waals surface area contributed by atoms with E-state index in [0.29, 0.717) is 18.9 Å². The second kappa shape index (κ2) is 6.65. The Balaban J connectivity index is 2.52.